The first-order chi connectivity index (χ1) is 10.9. The average molecular weight is 339 g/mol. The molecule has 1 fully saturated rings. The Morgan fingerprint density at radius 2 is 1.96 bits per heavy atom. The molecule has 128 valence electrons. The van der Waals surface area contributed by atoms with Gasteiger partial charge in [-0.15, -0.1) is 0 Å². The van der Waals surface area contributed by atoms with Crippen molar-refractivity contribution in [3.8, 4) is 5.75 Å². The third kappa shape index (κ3) is 4.96. The Kier molecular flexibility index (Phi) is 6.04. The van der Waals surface area contributed by atoms with Gasteiger partial charge in [0.25, 0.3) is 0 Å². The number of benzene rings is 1. The van der Waals surface area contributed by atoms with E-state index < -0.39 is 9.84 Å². The molecule has 0 aromatic heterocycles. The van der Waals surface area contributed by atoms with Crippen LogP contribution in [-0.2, 0) is 14.6 Å². The largest absolute Gasteiger partial charge is 0.506 e. The van der Waals surface area contributed by atoms with Crippen LogP contribution in [0.15, 0.2) is 23.1 Å². The fourth-order valence-corrected chi connectivity index (χ4v) is 3.91. The molecule has 1 aromatic rings. The Morgan fingerprint density at radius 1 is 1.26 bits per heavy atom. The number of anilines is 1. The van der Waals surface area contributed by atoms with Gasteiger partial charge in [0.2, 0.25) is 5.91 Å². The summed E-state index contributed by atoms with van der Waals surface area (Å²) in [5.41, 5.74) is 0.160. The summed E-state index contributed by atoms with van der Waals surface area (Å²) < 4.78 is 23.8. The van der Waals surface area contributed by atoms with Gasteiger partial charge in [0, 0.05) is 6.42 Å². The maximum atomic E-state index is 12.1. The Morgan fingerprint density at radius 3 is 2.61 bits per heavy atom. The molecule has 1 aromatic carbocycles. The number of phenolic OH excluding ortho intramolecular Hbond substituents is 1. The van der Waals surface area contributed by atoms with Crippen LogP contribution in [-0.4, -0.2) is 25.2 Å². The molecule has 0 radical (unpaired) electrons. The molecule has 0 aliphatic heterocycles. The van der Waals surface area contributed by atoms with Crippen molar-refractivity contribution in [2.24, 2.45) is 5.92 Å². The van der Waals surface area contributed by atoms with E-state index in [0.29, 0.717) is 12.3 Å². The van der Waals surface area contributed by atoms with Crippen LogP contribution in [0.2, 0.25) is 0 Å². The van der Waals surface area contributed by atoms with Gasteiger partial charge < -0.3 is 10.4 Å². The number of hydrogen-bond acceptors (Lipinski definition) is 4. The molecule has 2 N–H and O–H groups in total. The van der Waals surface area contributed by atoms with Crippen molar-refractivity contribution in [3.63, 3.8) is 0 Å². The maximum Gasteiger partial charge on any atom is 0.224 e. The third-order valence-electron chi connectivity index (χ3n) is 4.49. The van der Waals surface area contributed by atoms with Gasteiger partial charge in [-0.3, -0.25) is 4.79 Å². The first kappa shape index (κ1) is 17.8. The predicted octanol–water partition coefficient (Wildman–Crippen LogP) is 3.48. The molecule has 6 heteroatoms. The van der Waals surface area contributed by atoms with Gasteiger partial charge in [0.1, 0.15) is 5.75 Å². The lowest BCUT2D eigenvalue weighted by molar-refractivity contribution is -0.116. The zero-order valence-corrected chi connectivity index (χ0v) is 14.4. The lowest BCUT2D eigenvalue weighted by Gasteiger charge is -2.21. The molecule has 1 aliphatic carbocycles. The zero-order valence-electron chi connectivity index (χ0n) is 13.5. The number of amides is 1. The van der Waals surface area contributed by atoms with Gasteiger partial charge in [0.15, 0.2) is 9.84 Å². The average Bonchev–Trinajstić information content (AvgIpc) is 2.56. The Labute approximate surface area is 138 Å². The normalized spacial score (nSPS) is 16.2. The minimum absolute atomic E-state index is 0.0210. The van der Waals surface area contributed by atoms with E-state index in [-0.39, 0.29) is 28.0 Å². The highest BCUT2D eigenvalue weighted by Crippen LogP contribution is 2.29. The summed E-state index contributed by atoms with van der Waals surface area (Å²) in [6.45, 7) is 1.56. The lowest BCUT2D eigenvalue weighted by atomic mass is 9.86. The molecule has 5 nitrogen and oxygen atoms in total. The van der Waals surface area contributed by atoms with Crippen molar-refractivity contribution in [1.29, 1.82) is 0 Å². The number of rotatable bonds is 6. The van der Waals surface area contributed by atoms with Crippen molar-refractivity contribution in [3.05, 3.63) is 18.2 Å². The Balaban J connectivity index is 1.98. The number of sulfone groups is 1. The van der Waals surface area contributed by atoms with Crippen molar-refractivity contribution < 1.29 is 18.3 Å². The Hall–Kier alpha value is -1.56. The van der Waals surface area contributed by atoms with E-state index in [1.807, 2.05) is 0 Å². The van der Waals surface area contributed by atoms with Crippen LogP contribution in [0.5, 0.6) is 5.75 Å². The van der Waals surface area contributed by atoms with E-state index in [1.165, 1.54) is 50.3 Å². The third-order valence-corrected chi connectivity index (χ3v) is 6.22. The highest BCUT2D eigenvalue weighted by molar-refractivity contribution is 7.91. The standard InChI is InChI=1S/C17H25NO4S/c1-2-23(21,22)14-9-10-16(19)15(12-14)18-17(20)11-8-13-6-4-3-5-7-13/h9-10,12-13,19H,2-8,11H2,1H3,(H,18,20). The molecule has 23 heavy (non-hydrogen) atoms. The van der Waals surface area contributed by atoms with Gasteiger partial charge in [-0.1, -0.05) is 39.0 Å². The molecule has 0 heterocycles. The minimum atomic E-state index is -3.37. The summed E-state index contributed by atoms with van der Waals surface area (Å²) in [4.78, 5) is 12.2. The first-order valence-electron chi connectivity index (χ1n) is 8.28. The highest BCUT2D eigenvalue weighted by Gasteiger charge is 2.17. The number of phenols is 1. The smallest absolute Gasteiger partial charge is 0.224 e. The molecule has 1 saturated carbocycles. The Bertz CT molecular complexity index is 649. The molecule has 1 aliphatic rings. The molecule has 0 bridgehead atoms. The topological polar surface area (TPSA) is 83.5 Å². The molecule has 1 amide bonds. The van der Waals surface area contributed by atoms with Crippen molar-refractivity contribution in [2.75, 3.05) is 11.1 Å². The number of carbonyl (C=O) groups excluding carboxylic acids is 1. The summed E-state index contributed by atoms with van der Waals surface area (Å²) in [6.07, 6.45) is 7.38. The SMILES string of the molecule is CCS(=O)(=O)c1ccc(O)c(NC(=O)CCC2CCCCC2)c1. The van der Waals surface area contributed by atoms with Crippen LogP contribution >= 0.6 is 0 Å². The van der Waals surface area contributed by atoms with Gasteiger partial charge in [0.05, 0.1) is 16.3 Å². The summed E-state index contributed by atoms with van der Waals surface area (Å²) >= 11 is 0. The molecule has 2 rings (SSSR count). The summed E-state index contributed by atoms with van der Waals surface area (Å²) in [5.74, 6) is 0.283. The van der Waals surface area contributed by atoms with E-state index in [2.05, 4.69) is 5.32 Å². The van der Waals surface area contributed by atoms with Gasteiger partial charge >= 0.3 is 0 Å². The summed E-state index contributed by atoms with van der Waals surface area (Å²) in [7, 11) is -3.37. The van der Waals surface area contributed by atoms with Crippen LogP contribution < -0.4 is 5.32 Å². The molecule has 0 unspecified atom stereocenters. The van der Waals surface area contributed by atoms with Crippen LogP contribution in [0.25, 0.3) is 0 Å². The number of nitrogens with one attached hydrogen (secondary N) is 1. The van der Waals surface area contributed by atoms with E-state index >= 15 is 0 Å². The number of aromatic hydroxyl groups is 1. The second-order valence-corrected chi connectivity index (χ2v) is 8.45. The maximum absolute atomic E-state index is 12.1. The molecular weight excluding hydrogens is 314 g/mol. The van der Waals surface area contributed by atoms with Crippen LogP contribution in [0.4, 0.5) is 5.69 Å². The minimum Gasteiger partial charge on any atom is -0.506 e. The van der Waals surface area contributed by atoms with Crippen LogP contribution in [0.3, 0.4) is 0 Å². The van der Waals surface area contributed by atoms with Crippen molar-refractivity contribution >= 4 is 21.4 Å². The summed E-state index contributed by atoms with van der Waals surface area (Å²) in [5, 5.41) is 12.5. The van der Waals surface area contributed by atoms with Gasteiger partial charge in [-0.25, -0.2) is 8.42 Å². The van der Waals surface area contributed by atoms with E-state index in [1.54, 1.807) is 6.92 Å². The van der Waals surface area contributed by atoms with E-state index in [9.17, 15) is 18.3 Å². The van der Waals surface area contributed by atoms with Crippen molar-refractivity contribution in [2.45, 2.75) is 56.8 Å². The second kappa shape index (κ2) is 7.81. The van der Waals surface area contributed by atoms with Gasteiger partial charge in [-0.05, 0) is 30.5 Å². The second-order valence-electron chi connectivity index (χ2n) is 6.17. The van der Waals surface area contributed by atoms with Crippen molar-refractivity contribution in [1.82, 2.24) is 0 Å². The number of hydrogen-bond donors (Lipinski definition) is 2. The number of carbonyl (C=O) groups is 1. The molecule has 0 saturated heterocycles. The molecular formula is C17H25NO4S. The summed E-state index contributed by atoms with van der Waals surface area (Å²) in [6, 6.07) is 3.98. The monoisotopic (exact) mass is 339 g/mol. The van der Waals surface area contributed by atoms with Crippen LogP contribution in [0.1, 0.15) is 51.9 Å². The zero-order chi connectivity index (χ0) is 16.9. The first-order valence-corrected chi connectivity index (χ1v) is 9.93. The quantitative estimate of drug-likeness (QED) is 0.777. The molecule has 0 spiro atoms. The van der Waals surface area contributed by atoms with E-state index in [4.69, 9.17) is 0 Å². The van der Waals surface area contributed by atoms with Gasteiger partial charge in [-0.2, -0.15) is 0 Å². The molecule has 0 atom stereocenters. The lowest BCUT2D eigenvalue weighted by Crippen LogP contribution is -2.15. The van der Waals surface area contributed by atoms with E-state index in [0.717, 1.165) is 6.42 Å². The fraction of sp³-hybridized carbons (Fsp3) is 0.588. The highest BCUT2D eigenvalue weighted by atomic mass is 32.2. The van der Waals surface area contributed by atoms with Crippen LogP contribution in [0, 0.1) is 5.92 Å². The fourth-order valence-electron chi connectivity index (χ4n) is 3.00. The predicted molar refractivity (Wildman–Crippen MR) is 90.3 cm³/mol.